The van der Waals surface area contributed by atoms with Gasteiger partial charge in [-0.2, -0.15) is 0 Å². The molecular weight excluding hydrogens is 262 g/mol. The zero-order valence-corrected chi connectivity index (χ0v) is 11.5. The predicted molar refractivity (Wildman–Crippen MR) is 77.0 cm³/mol. The van der Waals surface area contributed by atoms with Gasteiger partial charge in [0.1, 0.15) is 5.75 Å². The molecule has 0 saturated carbocycles. The van der Waals surface area contributed by atoms with Crippen LogP contribution in [-0.4, -0.2) is 11.0 Å². The third-order valence-corrected chi connectivity index (χ3v) is 3.36. The summed E-state index contributed by atoms with van der Waals surface area (Å²) in [5, 5.41) is 12.3. The van der Waals surface area contributed by atoms with Gasteiger partial charge in [0, 0.05) is 11.6 Å². The molecule has 0 aliphatic heterocycles. The molecule has 0 aliphatic carbocycles. The number of hydrogen-bond acceptors (Lipinski definition) is 2. The maximum atomic E-state index is 12.2. The van der Waals surface area contributed by atoms with E-state index >= 15 is 0 Å². The monoisotopic (exact) mass is 275 g/mol. The van der Waals surface area contributed by atoms with Crippen LogP contribution in [0.5, 0.6) is 5.75 Å². The lowest BCUT2D eigenvalue weighted by Crippen LogP contribution is -2.14. The van der Waals surface area contributed by atoms with Crippen molar-refractivity contribution in [3.05, 3.63) is 58.1 Å². The van der Waals surface area contributed by atoms with Gasteiger partial charge in [0.15, 0.2) is 0 Å². The molecule has 0 saturated heterocycles. The number of phenolic OH excluding ortho intramolecular Hbond substituents is 1. The van der Waals surface area contributed by atoms with Crippen LogP contribution in [0, 0.1) is 13.8 Å². The van der Waals surface area contributed by atoms with E-state index in [1.54, 1.807) is 12.1 Å². The number of aryl methyl sites for hydroxylation is 1. The van der Waals surface area contributed by atoms with Crippen molar-refractivity contribution in [3.8, 4) is 5.75 Å². The average Bonchev–Trinajstić information content (AvgIpc) is 2.36. The SMILES string of the molecule is Cc1cccc(C(=O)Nc2ccc(O)cc2Cl)c1C. The highest BCUT2D eigenvalue weighted by Crippen LogP contribution is 2.26. The van der Waals surface area contributed by atoms with Crippen molar-refractivity contribution in [3.63, 3.8) is 0 Å². The Morgan fingerprint density at radius 1 is 1.21 bits per heavy atom. The molecule has 2 rings (SSSR count). The molecule has 0 unspecified atom stereocenters. The van der Waals surface area contributed by atoms with E-state index < -0.39 is 0 Å². The van der Waals surface area contributed by atoms with E-state index in [1.807, 2.05) is 26.0 Å². The molecule has 0 spiro atoms. The molecular formula is C15H14ClNO2. The van der Waals surface area contributed by atoms with E-state index in [2.05, 4.69) is 5.32 Å². The number of amides is 1. The van der Waals surface area contributed by atoms with Crippen LogP contribution in [0.1, 0.15) is 21.5 Å². The molecule has 98 valence electrons. The quantitative estimate of drug-likeness (QED) is 0.816. The Morgan fingerprint density at radius 2 is 1.95 bits per heavy atom. The minimum absolute atomic E-state index is 0.0646. The maximum absolute atomic E-state index is 12.2. The maximum Gasteiger partial charge on any atom is 0.255 e. The molecule has 0 atom stereocenters. The lowest BCUT2D eigenvalue weighted by Gasteiger charge is -2.10. The number of anilines is 1. The van der Waals surface area contributed by atoms with Gasteiger partial charge in [-0.15, -0.1) is 0 Å². The summed E-state index contributed by atoms with van der Waals surface area (Å²) < 4.78 is 0. The van der Waals surface area contributed by atoms with E-state index in [9.17, 15) is 9.90 Å². The predicted octanol–water partition coefficient (Wildman–Crippen LogP) is 3.91. The minimum atomic E-state index is -0.214. The van der Waals surface area contributed by atoms with Crippen molar-refractivity contribution in [1.82, 2.24) is 0 Å². The van der Waals surface area contributed by atoms with Gasteiger partial charge in [0.25, 0.3) is 5.91 Å². The molecule has 3 nitrogen and oxygen atoms in total. The molecule has 2 N–H and O–H groups in total. The summed E-state index contributed by atoms with van der Waals surface area (Å²) >= 11 is 5.96. The normalized spacial score (nSPS) is 10.3. The number of hydrogen-bond donors (Lipinski definition) is 2. The summed E-state index contributed by atoms with van der Waals surface area (Å²) in [5.74, 6) is -0.150. The minimum Gasteiger partial charge on any atom is -0.508 e. The Hall–Kier alpha value is -2.00. The molecule has 1 amide bonds. The van der Waals surface area contributed by atoms with E-state index in [0.29, 0.717) is 16.3 Å². The van der Waals surface area contributed by atoms with Crippen LogP contribution < -0.4 is 5.32 Å². The summed E-state index contributed by atoms with van der Waals surface area (Å²) in [5.41, 5.74) is 3.09. The van der Waals surface area contributed by atoms with Gasteiger partial charge < -0.3 is 10.4 Å². The second kappa shape index (κ2) is 5.33. The number of phenols is 1. The Balaban J connectivity index is 2.28. The Kier molecular flexibility index (Phi) is 3.76. The van der Waals surface area contributed by atoms with Crippen LogP contribution in [0.2, 0.25) is 5.02 Å². The molecule has 0 radical (unpaired) electrons. The van der Waals surface area contributed by atoms with Gasteiger partial charge in [-0.05, 0) is 43.2 Å². The van der Waals surface area contributed by atoms with Gasteiger partial charge >= 0.3 is 0 Å². The number of nitrogens with one attached hydrogen (secondary N) is 1. The van der Waals surface area contributed by atoms with Crippen molar-refractivity contribution in [1.29, 1.82) is 0 Å². The largest absolute Gasteiger partial charge is 0.508 e. The van der Waals surface area contributed by atoms with Crippen LogP contribution in [0.3, 0.4) is 0 Å². The molecule has 0 heterocycles. The van der Waals surface area contributed by atoms with Crippen molar-refractivity contribution in [2.24, 2.45) is 0 Å². The molecule has 0 aliphatic rings. The highest BCUT2D eigenvalue weighted by Gasteiger charge is 2.12. The van der Waals surface area contributed by atoms with Gasteiger partial charge in [0.2, 0.25) is 0 Å². The first-order valence-corrected chi connectivity index (χ1v) is 6.23. The lowest BCUT2D eigenvalue weighted by atomic mass is 10.0. The standard InChI is InChI=1S/C15H14ClNO2/c1-9-4-3-5-12(10(9)2)15(19)17-14-7-6-11(18)8-13(14)16/h3-8,18H,1-2H3,(H,17,19). The third-order valence-electron chi connectivity index (χ3n) is 3.05. The van der Waals surface area contributed by atoms with Crippen LogP contribution in [-0.2, 0) is 0 Å². The summed E-state index contributed by atoms with van der Waals surface area (Å²) in [6.45, 7) is 3.86. The van der Waals surface area contributed by atoms with Gasteiger partial charge in [-0.25, -0.2) is 0 Å². The summed E-state index contributed by atoms with van der Waals surface area (Å²) in [7, 11) is 0. The fourth-order valence-electron chi connectivity index (χ4n) is 1.79. The highest BCUT2D eigenvalue weighted by atomic mass is 35.5. The van der Waals surface area contributed by atoms with Crippen molar-refractivity contribution < 1.29 is 9.90 Å². The van der Waals surface area contributed by atoms with Crippen molar-refractivity contribution >= 4 is 23.2 Å². The Labute approximate surface area is 116 Å². The molecule has 19 heavy (non-hydrogen) atoms. The summed E-state index contributed by atoms with van der Waals surface area (Å²) in [4.78, 5) is 12.2. The highest BCUT2D eigenvalue weighted by molar-refractivity contribution is 6.34. The van der Waals surface area contributed by atoms with E-state index in [0.717, 1.165) is 11.1 Å². The first kappa shape index (κ1) is 13.4. The number of benzene rings is 2. The molecule has 0 fully saturated rings. The zero-order chi connectivity index (χ0) is 14.0. The van der Waals surface area contributed by atoms with Crippen LogP contribution in [0.15, 0.2) is 36.4 Å². The topological polar surface area (TPSA) is 49.3 Å². The van der Waals surface area contributed by atoms with Gasteiger partial charge in [0.05, 0.1) is 10.7 Å². The average molecular weight is 276 g/mol. The number of aromatic hydroxyl groups is 1. The molecule has 2 aromatic carbocycles. The van der Waals surface area contributed by atoms with Crippen LogP contribution >= 0.6 is 11.6 Å². The summed E-state index contributed by atoms with van der Waals surface area (Å²) in [6, 6.07) is 10.0. The Bertz CT molecular complexity index is 638. The van der Waals surface area contributed by atoms with E-state index in [1.165, 1.54) is 12.1 Å². The van der Waals surface area contributed by atoms with Gasteiger partial charge in [-0.3, -0.25) is 4.79 Å². The second-order valence-corrected chi connectivity index (χ2v) is 4.77. The Morgan fingerprint density at radius 3 is 2.63 bits per heavy atom. The zero-order valence-electron chi connectivity index (χ0n) is 10.7. The smallest absolute Gasteiger partial charge is 0.255 e. The fraction of sp³-hybridized carbons (Fsp3) is 0.133. The van der Waals surface area contributed by atoms with Gasteiger partial charge in [-0.1, -0.05) is 23.7 Å². The number of halogens is 1. The van der Waals surface area contributed by atoms with Crippen LogP contribution in [0.4, 0.5) is 5.69 Å². The van der Waals surface area contributed by atoms with Crippen molar-refractivity contribution in [2.75, 3.05) is 5.32 Å². The summed E-state index contributed by atoms with van der Waals surface area (Å²) in [6.07, 6.45) is 0. The number of carbonyl (C=O) groups is 1. The first-order valence-electron chi connectivity index (χ1n) is 5.85. The lowest BCUT2D eigenvalue weighted by molar-refractivity contribution is 0.102. The van der Waals surface area contributed by atoms with E-state index in [-0.39, 0.29) is 11.7 Å². The molecule has 0 bridgehead atoms. The van der Waals surface area contributed by atoms with E-state index in [4.69, 9.17) is 11.6 Å². The molecule has 4 heteroatoms. The molecule has 0 aromatic heterocycles. The number of rotatable bonds is 2. The third kappa shape index (κ3) is 2.88. The number of carbonyl (C=O) groups excluding carboxylic acids is 1. The molecule has 2 aromatic rings. The first-order chi connectivity index (χ1) is 8.99. The fourth-order valence-corrected chi connectivity index (χ4v) is 2.01. The van der Waals surface area contributed by atoms with Crippen LogP contribution in [0.25, 0.3) is 0 Å². The van der Waals surface area contributed by atoms with Crippen molar-refractivity contribution in [2.45, 2.75) is 13.8 Å². The second-order valence-electron chi connectivity index (χ2n) is 4.37.